The molecule has 2 aliphatic rings. The van der Waals surface area contributed by atoms with E-state index in [0.717, 1.165) is 37.5 Å². The molecule has 2 aliphatic heterocycles. The molecule has 0 saturated carbocycles. The molecule has 0 aliphatic carbocycles. The zero-order chi connectivity index (χ0) is 12.6. The maximum absolute atomic E-state index is 11.4. The third-order valence-corrected chi connectivity index (χ3v) is 5.57. The van der Waals surface area contributed by atoms with Crippen LogP contribution in [0.4, 0.5) is 0 Å². The van der Waals surface area contributed by atoms with E-state index in [0.29, 0.717) is 17.9 Å². The molecule has 2 unspecified atom stereocenters. The Kier molecular flexibility index (Phi) is 3.11. The highest BCUT2D eigenvalue weighted by molar-refractivity contribution is 7.91. The summed E-state index contributed by atoms with van der Waals surface area (Å²) < 4.78 is 22.8. The predicted molar refractivity (Wildman–Crippen MR) is 66.8 cm³/mol. The molecule has 3 heterocycles. The van der Waals surface area contributed by atoms with Crippen molar-refractivity contribution in [2.24, 2.45) is 5.92 Å². The van der Waals surface area contributed by atoms with Gasteiger partial charge in [0.15, 0.2) is 15.7 Å². The smallest absolute Gasteiger partial charge is 0.167 e. The Balaban J connectivity index is 1.63. The topological polar surface area (TPSA) is 87.7 Å². The molecular formula is C11H18N4O2S. The number of H-pyrrole nitrogens is 1. The molecule has 0 amide bonds. The zero-order valence-corrected chi connectivity index (χ0v) is 11.0. The maximum Gasteiger partial charge on any atom is 0.167 e. The van der Waals surface area contributed by atoms with Gasteiger partial charge in [-0.15, -0.1) is 0 Å². The van der Waals surface area contributed by atoms with Crippen LogP contribution < -0.4 is 5.32 Å². The van der Waals surface area contributed by atoms with Crippen LogP contribution >= 0.6 is 0 Å². The molecule has 2 fully saturated rings. The van der Waals surface area contributed by atoms with Crippen LogP contribution in [-0.2, 0) is 16.3 Å². The number of nitrogens with zero attached hydrogens (tertiary/aromatic N) is 2. The van der Waals surface area contributed by atoms with Crippen LogP contribution in [0.2, 0.25) is 0 Å². The van der Waals surface area contributed by atoms with Crippen LogP contribution in [0, 0.1) is 5.92 Å². The van der Waals surface area contributed by atoms with Crippen LogP contribution in [0.1, 0.15) is 37.0 Å². The van der Waals surface area contributed by atoms with Crippen LogP contribution in [0.5, 0.6) is 0 Å². The van der Waals surface area contributed by atoms with Gasteiger partial charge < -0.3 is 5.32 Å². The summed E-state index contributed by atoms with van der Waals surface area (Å²) in [6.45, 7) is 1.02. The van der Waals surface area contributed by atoms with Crippen molar-refractivity contribution in [3.05, 3.63) is 11.6 Å². The van der Waals surface area contributed by atoms with Gasteiger partial charge in [0, 0.05) is 6.42 Å². The summed E-state index contributed by atoms with van der Waals surface area (Å²) in [4.78, 5) is 4.48. The first-order valence-electron chi connectivity index (χ1n) is 6.47. The Morgan fingerprint density at radius 1 is 1.33 bits per heavy atom. The molecule has 18 heavy (non-hydrogen) atoms. The Morgan fingerprint density at radius 2 is 2.22 bits per heavy atom. The summed E-state index contributed by atoms with van der Waals surface area (Å²) in [6, 6.07) is 0.266. The lowest BCUT2D eigenvalue weighted by Gasteiger charge is -2.04. The van der Waals surface area contributed by atoms with E-state index in [4.69, 9.17) is 0 Å². The van der Waals surface area contributed by atoms with E-state index >= 15 is 0 Å². The van der Waals surface area contributed by atoms with Gasteiger partial charge >= 0.3 is 0 Å². The van der Waals surface area contributed by atoms with E-state index in [9.17, 15) is 8.42 Å². The minimum absolute atomic E-state index is 0.201. The molecule has 0 spiro atoms. The van der Waals surface area contributed by atoms with Gasteiger partial charge in [-0.3, -0.25) is 5.10 Å². The van der Waals surface area contributed by atoms with Gasteiger partial charge in [-0.1, -0.05) is 0 Å². The number of aromatic nitrogens is 3. The second-order valence-corrected chi connectivity index (χ2v) is 7.49. The molecule has 0 bridgehead atoms. The summed E-state index contributed by atoms with van der Waals surface area (Å²) in [5.41, 5.74) is 0. The lowest BCUT2D eigenvalue weighted by molar-refractivity contribution is 0.568. The molecule has 1 aromatic rings. The molecular weight excluding hydrogens is 252 g/mol. The van der Waals surface area contributed by atoms with E-state index in [1.54, 1.807) is 0 Å². The van der Waals surface area contributed by atoms with Crippen LogP contribution in [-0.4, -0.2) is 41.6 Å². The fourth-order valence-corrected chi connectivity index (χ4v) is 4.63. The van der Waals surface area contributed by atoms with Crippen molar-refractivity contribution < 1.29 is 8.42 Å². The van der Waals surface area contributed by atoms with Gasteiger partial charge in [0.05, 0.1) is 17.5 Å². The summed E-state index contributed by atoms with van der Waals surface area (Å²) in [6.07, 6.45) is 3.68. The minimum atomic E-state index is -2.80. The van der Waals surface area contributed by atoms with Crippen molar-refractivity contribution >= 4 is 9.84 Å². The third-order valence-electron chi connectivity index (χ3n) is 3.73. The van der Waals surface area contributed by atoms with Gasteiger partial charge in [-0.05, 0) is 31.7 Å². The highest BCUT2D eigenvalue weighted by Gasteiger charge is 2.29. The first-order valence-corrected chi connectivity index (χ1v) is 8.29. The SMILES string of the molecule is O=S1(=O)CCC(Cc2nc(C3CCCN3)n[nH]2)C1. The summed E-state index contributed by atoms with van der Waals surface area (Å²) in [5, 5.41) is 10.5. The third kappa shape index (κ3) is 2.56. The number of rotatable bonds is 3. The molecule has 3 rings (SSSR count). The molecule has 0 aromatic carbocycles. The number of nitrogens with one attached hydrogen (secondary N) is 2. The van der Waals surface area contributed by atoms with Crippen LogP contribution in [0.3, 0.4) is 0 Å². The molecule has 6 nitrogen and oxygen atoms in total. The summed E-state index contributed by atoms with van der Waals surface area (Å²) >= 11 is 0. The molecule has 0 radical (unpaired) electrons. The van der Waals surface area contributed by atoms with E-state index in [2.05, 4.69) is 20.5 Å². The van der Waals surface area contributed by atoms with Gasteiger partial charge in [0.25, 0.3) is 0 Å². The number of aromatic amines is 1. The van der Waals surface area contributed by atoms with Crippen molar-refractivity contribution in [2.45, 2.75) is 31.7 Å². The molecule has 2 N–H and O–H groups in total. The molecule has 2 atom stereocenters. The Bertz CT molecular complexity index is 519. The van der Waals surface area contributed by atoms with E-state index in [1.807, 2.05) is 0 Å². The van der Waals surface area contributed by atoms with Gasteiger partial charge in [-0.2, -0.15) is 5.10 Å². The first kappa shape index (κ1) is 12.1. The first-order chi connectivity index (χ1) is 8.62. The van der Waals surface area contributed by atoms with Gasteiger partial charge in [-0.25, -0.2) is 13.4 Å². The molecule has 2 saturated heterocycles. The van der Waals surface area contributed by atoms with Gasteiger partial charge in [0.2, 0.25) is 0 Å². The summed E-state index contributed by atoms with van der Waals surface area (Å²) in [5.74, 6) is 2.46. The molecule has 100 valence electrons. The second-order valence-electron chi connectivity index (χ2n) is 5.26. The van der Waals surface area contributed by atoms with Crippen molar-refractivity contribution in [3.63, 3.8) is 0 Å². The fourth-order valence-electron chi connectivity index (χ4n) is 2.77. The Labute approximate surface area is 106 Å². The van der Waals surface area contributed by atoms with Crippen molar-refractivity contribution in [1.29, 1.82) is 0 Å². The average Bonchev–Trinajstić information content (AvgIpc) is 2.99. The van der Waals surface area contributed by atoms with Crippen LogP contribution in [0.25, 0.3) is 0 Å². The average molecular weight is 270 g/mol. The monoisotopic (exact) mass is 270 g/mol. The fraction of sp³-hybridized carbons (Fsp3) is 0.818. The lowest BCUT2D eigenvalue weighted by atomic mass is 10.1. The van der Waals surface area contributed by atoms with E-state index in [1.165, 1.54) is 0 Å². The minimum Gasteiger partial charge on any atom is -0.307 e. The Morgan fingerprint density at radius 3 is 2.89 bits per heavy atom. The van der Waals surface area contributed by atoms with Crippen molar-refractivity contribution in [2.75, 3.05) is 18.1 Å². The molecule has 1 aromatic heterocycles. The number of hydrogen-bond donors (Lipinski definition) is 2. The van der Waals surface area contributed by atoms with Crippen LogP contribution in [0.15, 0.2) is 0 Å². The number of sulfone groups is 1. The number of hydrogen-bond acceptors (Lipinski definition) is 5. The summed E-state index contributed by atoms with van der Waals surface area (Å²) in [7, 11) is -2.80. The lowest BCUT2D eigenvalue weighted by Crippen LogP contribution is -2.14. The Hall–Kier alpha value is -0.950. The highest BCUT2D eigenvalue weighted by atomic mass is 32.2. The van der Waals surface area contributed by atoms with E-state index in [-0.39, 0.29) is 12.0 Å². The van der Waals surface area contributed by atoms with Gasteiger partial charge in [0.1, 0.15) is 5.82 Å². The maximum atomic E-state index is 11.4. The van der Waals surface area contributed by atoms with Crippen molar-refractivity contribution in [3.8, 4) is 0 Å². The quantitative estimate of drug-likeness (QED) is 0.819. The standard InChI is InChI=1S/C11H18N4O2S/c16-18(17)5-3-8(7-18)6-10-13-11(15-14-10)9-2-1-4-12-9/h8-9,12H,1-7H2,(H,13,14,15). The van der Waals surface area contributed by atoms with Crippen molar-refractivity contribution in [1.82, 2.24) is 20.5 Å². The predicted octanol–water partition coefficient (Wildman–Crippen LogP) is 0.206. The normalized spacial score (nSPS) is 30.9. The zero-order valence-electron chi connectivity index (χ0n) is 10.2. The van der Waals surface area contributed by atoms with E-state index < -0.39 is 9.84 Å². The largest absolute Gasteiger partial charge is 0.307 e. The highest BCUT2D eigenvalue weighted by Crippen LogP contribution is 2.23. The molecule has 7 heteroatoms. The second kappa shape index (κ2) is 4.62.